The Kier molecular flexibility index (Phi) is 4.43. The third-order valence-electron chi connectivity index (χ3n) is 2.99. The zero-order valence-electron chi connectivity index (χ0n) is 11.2. The van der Waals surface area contributed by atoms with Gasteiger partial charge in [-0.2, -0.15) is 0 Å². The predicted molar refractivity (Wildman–Crippen MR) is 79.3 cm³/mol. The minimum atomic E-state index is 1.10. The lowest BCUT2D eigenvalue weighted by Gasteiger charge is -2.10. The van der Waals surface area contributed by atoms with Crippen molar-refractivity contribution in [2.75, 3.05) is 5.75 Å². The zero-order chi connectivity index (χ0) is 13.0. The highest BCUT2D eigenvalue weighted by Crippen LogP contribution is 2.28. The van der Waals surface area contributed by atoms with E-state index in [0.29, 0.717) is 0 Å². The molecule has 94 valence electrons. The van der Waals surface area contributed by atoms with Gasteiger partial charge in [-0.3, -0.25) is 4.98 Å². The summed E-state index contributed by atoms with van der Waals surface area (Å²) in [4.78, 5) is 5.48. The van der Waals surface area contributed by atoms with Gasteiger partial charge in [0.15, 0.2) is 0 Å². The van der Waals surface area contributed by atoms with Gasteiger partial charge in [-0.25, -0.2) is 0 Å². The molecule has 1 aromatic carbocycles. The van der Waals surface area contributed by atoms with E-state index in [4.69, 9.17) is 0 Å². The van der Waals surface area contributed by atoms with Gasteiger partial charge in [0.2, 0.25) is 0 Å². The quantitative estimate of drug-likeness (QED) is 0.756. The molecule has 0 aliphatic carbocycles. The van der Waals surface area contributed by atoms with Crippen LogP contribution < -0.4 is 0 Å². The SMILES string of the molecule is Cc1cc(C)c(SCCc2ccncc2)c(C)c1. The molecule has 0 unspecified atom stereocenters. The van der Waals surface area contributed by atoms with Crippen LogP contribution in [0.2, 0.25) is 0 Å². The second-order valence-electron chi connectivity index (χ2n) is 4.68. The Bertz CT molecular complexity index is 497. The average molecular weight is 257 g/mol. The summed E-state index contributed by atoms with van der Waals surface area (Å²) in [5.74, 6) is 1.12. The first-order valence-corrected chi connectivity index (χ1v) is 7.25. The van der Waals surface area contributed by atoms with Crippen LogP contribution in [0, 0.1) is 20.8 Å². The molecule has 2 heteroatoms. The highest BCUT2D eigenvalue weighted by Gasteiger charge is 2.04. The van der Waals surface area contributed by atoms with Crippen molar-refractivity contribution in [1.82, 2.24) is 4.98 Å². The molecule has 0 aliphatic heterocycles. The van der Waals surface area contributed by atoms with E-state index in [-0.39, 0.29) is 0 Å². The molecule has 1 aromatic heterocycles. The number of thioether (sulfide) groups is 1. The Labute approximate surface area is 114 Å². The van der Waals surface area contributed by atoms with Gasteiger partial charge < -0.3 is 0 Å². The lowest BCUT2D eigenvalue weighted by atomic mass is 10.1. The van der Waals surface area contributed by atoms with E-state index >= 15 is 0 Å². The van der Waals surface area contributed by atoms with E-state index in [1.54, 1.807) is 0 Å². The van der Waals surface area contributed by atoms with Crippen LogP contribution in [0.1, 0.15) is 22.3 Å². The van der Waals surface area contributed by atoms with Crippen LogP contribution in [0.15, 0.2) is 41.6 Å². The molecule has 0 aliphatic rings. The molecule has 0 N–H and O–H groups in total. The van der Waals surface area contributed by atoms with Crippen molar-refractivity contribution in [2.45, 2.75) is 32.1 Å². The lowest BCUT2D eigenvalue weighted by molar-refractivity contribution is 1.12. The average Bonchev–Trinajstić information content (AvgIpc) is 2.34. The molecule has 1 heterocycles. The summed E-state index contributed by atoms with van der Waals surface area (Å²) in [5, 5.41) is 0. The highest BCUT2D eigenvalue weighted by molar-refractivity contribution is 7.99. The fourth-order valence-corrected chi connectivity index (χ4v) is 3.33. The van der Waals surface area contributed by atoms with Crippen LogP contribution in [-0.2, 0) is 6.42 Å². The fourth-order valence-electron chi connectivity index (χ4n) is 2.21. The molecule has 0 saturated carbocycles. The summed E-state index contributed by atoms with van der Waals surface area (Å²) < 4.78 is 0. The third kappa shape index (κ3) is 3.36. The number of aromatic nitrogens is 1. The smallest absolute Gasteiger partial charge is 0.0270 e. The molecule has 2 rings (SSSR count). The molecule has 2 aromatic rings. The maximum absolute atomic E-state index is 4.04. The Morgan fingerprint density at radius 2 is 1.61 bits per heavy atom. The van der Waals surface area contributed by atoms with Gasteiger partial charge in [-0.05, 0) is 56.0 Å². The van der Waals surface area contributed by atoms with Gasteiger partial charge in [0.25, 0.3) is 0 Å². The van der Waals surface area contributed by atoms with Gasteiger partial charge in [0.05, 0.1) is 0 Å². The summed E-state index contributed by atoms with van der Waals surface area (Å²) >= 11 is 1.96. The Morgan fingerprint density at radius 1 is 1.00 bits per heavy atom. The van der Waals surface area contributed by atoms with Crippen molar-refractivity contribution in [1.29, 1.82) is 0 Å². The minimum absolute atomic E-state index is 1.10. The molecule has 0 radical (unpaired) electrons. The molecular formula is C16H19NS. The standard InChI is InChI=1S/C16H19NS/c1-12-10-13(2)16(14(3)11-12)18-9-6-15-4-7-17-8-5-15/h4-5,7-8,10-11H,6,9H2,1-3H3. The Hall–Kier alpha value is -1.28. The van der Waals surface area contributed by atoms with Gasteiger partial charge in [-0.15, -0.1) is 11.8 Å². The third-order valence-corrected chi connectivity index (χ3v) is 4.33. The number of benzene rings is 1. The van der Waals surface area contributed by atoms with Crippen LogP contribution in [0.3, 0.4) is 0 Å². The summed E-state index contributed by atoms with van der Waals surface area (Å²) in [6.45, 7) is 6.56. The Morgan fingerprint density at radius 3 is 2.22 bits per heavy atom. The van der Waals surface area contributed by atoms with E-state index in [0.717, 1.165) is 12.2 Å². The fraction of sp³-hybridized carbons (Fsp3) is 0.312. The zero-order valence-corrected chi connectivity index (χ0v) is 12.1. The molecule has 18 heavy (non-hydrogen) atoms. The Balaban J connectivity index is 1.99. The summed E-state index contributed by atoms with van der Waals surface area (Å²) in [6.07, 6.45) is 4.82. The topological polar surface area (TPSA) is 12.9 Å². The maximum atomic E-state index is 4.04. The first-order valence-electron chi connectivity index (χ1n) is 6.26. The van der Waals surface area contributed by atoms with E-state index in [9.17, 15) is 0 Å². The summed E-state index contributed by atoms with van der Waals surface area (Å²) in [6, 6.07) is 8.72. The molecule has 0 saturated heterocycles. The molecule has 0 amide bonds. The van der Waals surface area contributed by atoms with Crippen LogP contribution in [0.25, 0.3) is 0 Å². The van der Waals surface area contributed by atoms with Crippen LogP contribution in [0.5, 0.6) is 0 Å². The number of hydrogen-bond donors (Lipinski definition) is 0. The normalized spacial score (nSPS) is 10.6. The molecule has 0 fully saturated rings. The second kappa shape index (κ2) is 6.05. The molecule has 0 spiro atoms. The number of nitrogens with zero attached hydrogens (tertiary/aromatic N) is 1. The molecule has 1 nitrogen and oxygen atoms in total. The van der Waals surface area contributed by atoms with E-state index in [1.165, 1.54) is 27.1 Å². The first kappa shape index (κ1) is 13.2. The van der Waals surface area contributed by atoms with E-state index in [1.807, 2.05) is 24.2 Å². The maximum Gasteiger partial charge on any atom is 0.0270 e. The number of hydrogen-bond acceptors (Lipinski definition) is 2. The predicted octanol–water partition coefficient (Wildman–Crippen LogP) is 4.34. The first-order chi connectivity index (χ1) is 8.66. The van der Waals surface area contributed by atoms with Crippen molar-refractivity contribution in [3.8, 4) is 0 Å². The van der Waals surface area contributed by atoms with Crippen molar-refractivity contribution < 1.29 is 0 Å². The van der Waals surface area contributed by atoms with Crippen molar-refractivity contribution in [2.24, 2.45) is 0 Å². The monoisotopic (exact) mass is 257 g/mol. The molecule has 0 bridgehead atoms. The minimum Gasteiger partial charge on any atom is -0.265 e. The largest absolute Gasteiger partial charge is 0.265 e. The van der Waals surface area contributed by atoms with Crippen molar-refractivity contribution >= 4 is 11.8 Å². The van der Waals surface area contributed by atoms with E-state index < -0.39 is 0 Å². The van der Waals surface area contributed by atoms with Crippen molar-refractivity contribution in [3.63, 3.8) is 0 Å². The lowest BCUT2D eigenvalue weighted by Crippen LogP contribution is -1.92. The van der Waals surface area contributed by atoms with Crippen LogP contribution in [-0.4, -0.2) is 10.7 Å². The van der Waals surface area contributed by atoms with Crippen molar-refractivity contribution in [3.05, 3.63) is 58.9 Å². The number of rotatable bonds is 4. The number of pyridine rings is 1. The van der Waals surface area contributed by atoms with E-state index in [2.05, 4.69) is 50.0 Å². The summed E-state index contributed by atoms with van der Waals surface area (Å²) in [7, 11) is 0. The molecular weight excluding hydrogens is 238 g/mol. The van der Waals surface area contributed by atoms with Gasteiger partial charge in [0, 0.05) is 23.0 Å². The van der Waals surface area contributed by atoms with Gasteiger partial charge in [0.1, 0.15) is 0 Å². The van der Waals surface area contributed by atoms with Crippen LogP contribution in [0.4, 0.5) is 0 Å². The van der Waals surface area contributed by atoms with Gasteiger partial charge in [-0.1, -0.05) is 17.7 Å². The van der Waals surface area contributed by atoms with Gasteiger partial charge >= 0.3 is 0 Å². The second-order valence-corrected chi connectivity index (χ2v) is 5.79. The van der Waals surface area contributed by atoms with Crippen LogP contribution >= 0.6 is 11.8 Å². The summed E-state index contributed by atoms with van der Waals surface area (Å²) in [5.41, 5.74) is 5.50. The number of aryl methyl sites for hydroxylation is 4. The molecule has 0 atom stereocenters. The highest BCUT2D eigenvalue weighted by atomic mass is 32.2.